The molecule has 0 fully saturated rings. The van der Waals surface area contributed by atoms with Crippen LogP contribution in [-0.2, 0) is 0 Å². The van der Waals surface area contributed by atoms with Gasteiger partial charge in [-0.3, -0.25) is 0 Å². The van der Waals surface area contributed by atoms with Crippen LogP contribution in [0.1, 0.15) is 0 Å². The van der Waals surface area contributed by atoms with E-state index in [1.54, 1.807) is 0 Å². The van der Waals surface area contributed by atoms with Crippen molar-refractivity contribution in [3.8, 4) is 90.1 Å². The predicted molar refractivity (Wildman–Crippen MR) is 327 cm³/mol. The Labute approximate surface area is 540 Å². The van der Waals surface area contributed by atoms with Crippen LogP contribution in [0, 0.1) is 116 Å². The molecule has 0 saturated carbocycles. The number of nitrogens with zero attached hydrogens (tertiary/aromatic N) is 6. The lowest BCUT2D eigenvalue weighted by Crippen LogP contribution is -2.05. The van der Waals surface area contributed by atoms with Gasteiger partial charge < -0.3 is 9.97 Å². The van der Waals surface area contributed by atoms with Crippen molar-refractivity contribution in [3.05, 3.63) is 238 Å². The van der Waals surface area contributed by atoms with Gasteiger partial charge >= 0.3 is 0 Å². The van der Waals surface area contributed by atoms with Gasteiger partial charge in [0.05, 0.1) is 22.3 Å². The van der Waals surface area contributed by atoms with E-state index in [0.29, 0.717) is 0 Å². The second kappa shape index (κ2) is 21.6. The molecular weight excluding hydrogens is 1360 g/mol. The standard InChI is InChI=1S/C72H22F20N8/c73-45-41(46(74)54(82)61(89)53(45)81)33-25-13-5-1-9-21(25)17-29-37(33)69-93-65(29)97-70-38-30(18-22-10-2-6-14-26(22)34(38)42-47(75)55(83)62(90)56(84)48(42)76)67(94-70)99-72-40-32(20-24-12-4-8-16-28(24)36(40)44-51(79)59(87)64(92)60(88)52(44)80)68(96-72)100-71-39-31(66(95-71)98-69)19-23-11-3-7-15-27(23)35(39)43-49(77)57(85)63(91)58(86)50(43)78/h1-20H,(H2,93,94,95,96,97,98,99,100). The van der Waals surface area contributed by atoms with Crippen LogP contribution in [0.4, 0.5) is 87.8 Å². The first kappa shape index (κ1) is 61.2. The number of halogens is 20. The molecule has 0 amide bonds. The highest BCUT2D eigenvalue weighted by molar-refractivity contribution is 6.24. The van der Waals surface area contributed by atoms with E-state index >= 15 is 87.8 Å². The van der Waals surface area contributed by atoms with Crippen LogP contribution in [0.2, 0.25) is 0 Å². The fourth-order valence-corrected chi connectivity index (χ4v) is 13.4. The lowest BCUT2D eigenvalue weighted by Gasteiger charge is -2.15. The zero-order chi connectivity index (χ0) is 69.8. The summed E-state index contributed by atoms with van der Waals surface area (Å²) in [4.78, 5) is 33.9. The number of fused-ring (bicyclic) bond motifs is 24. The van der Waals surface area contributed by atoms with Gasteiger partial charge in [-0.25, -0.2) is 118 Å². The second-order valence-electron chi connectivity index (χ2n) is 23.0. The van der Waals surface area contributed by atoms with E-state index in [9.17, 15) is 0 Å². The molecule has 0 atom stereocenters. The van der Waals surface area contributed by atoms with Crippen LogP contribution < -0.4 is 0 Å². The molecule has 8 bridgehead atoms. The van der Waals surface area contributed by atoms with Crippen LogP contribution >= 0.6 is 0 Å². The van der Waals surface area contributed by atoms with E-state index in [4.69, 9.17) is 19.9 Å². The average Bonchev–Trinajstić information content (AvgIpc) is 1.50. The Balaban J connectivity index is 1.16. The van der Waals surface area contributed by atoms with Crippen LogP contribution in [0.3, 0.4) is 0 Å². The maximum absolute atomic E-state index is 16.8. The lowest BCUT2D eigenvalue weighted by atomic mass is 9.89. The van der Waals surface area contributed by atoms with E-state index in [1.807, 2.05) is 0 Å². The summed E-state index contributed by atoms with van der Waals surface area (Å²) in [5.74, 6) is -52.6. The number of hydrogen-bond acceptors (Lipinski definition) is 6. The third-order valence-corrected chi connectivity index (χ3v) is 17.7. The lowest BCUT2D eigenvalue weighted by molar-refractivity contribution is 0.381. The largest absolute Gasteiger partial charge is 0.324 e. The van der Waals surface area contributed by atoms with Crippen molar-refractivity contribution < 1.29 is 87.8 Å². The number of benzene rings is 12. The van der Waals surface area contributed by atoms with Crippen LogP contribution in [0.15, 0.2) is 121 Å². The van der Waals surface area contributed by atoms with Gasteiger partial charge in [-0.2, -0.15) is 0 Å². The number of rotatable bonds is 4. The van der Waals surface area contributed by atoms with E-state index in [1.165, 1.54) is 121 Å². The molecule has 17 rings (SSSR count). The monoisotopic (exact) mass is 1380 g/mol. The minimum absolute atomic E-state index is 0.0749. The van der Waals surface area contributed by atoms with E-state index in [0.717, 1.165) is 0 Å². The van der Waals surface area contributed by atoms with Gasteiger partial charge in [-0.15, -0.1) is 0 Å². The number of hydrogen-bond donors (Lipinski definition) is 2. The van der Waals surface area contributed by atoms with Crippen molar-refractivity contribution in [2.24, 2.45) is 0 Å². The van der Waals surface area contributed by atoms with Crippen molar-refractivity contribution in [2.75, 3.05) is 0 Å². The van der Waals surface area contributed by atoms with Crippen molar-refractivity contribution in [3.63, 3.8) is 0 Å². The van der Waals surface area contributed by atoms with Crippen molar-refractivity contribution >= 4 is 87.2 Å². The quantitative estimate of drug-likeness (QED) is 0.103. The topological polar surface area (TPSA) is 109 Å². The number of aromatic nitrogens is 8. The zero-order valence-corrected chi connectivity index (χ0v) is 48.8. The SMILES string of the molecule is Fc1c(F)c(F)c(-c2c3c(cc4ccccc24)-c2nc-3nc3[nH]c(nc4nc(nc5[nH]c(n2)c2c(-c6c(F)c(F)c(F)c(F)c6F)c6ccccc6cc52)-c2c-4cc4ccccc4c2-c2c(F)c(F)c(F)c(F)c2F)c2c(-c4c(F)c(F)c(F)c(F)c4F)c4ccccc4cc32)c(F)c1F. The third kappa shape index (κ3) is 8.31. The molecule has 0 unspecified atom stereocenters. The molecule has 5 heterocycles. The summed E-state index contributed by atoms with van der Waals surface area (Å²) >= 11 is 0. The minimum Gasteiger partial charge on any atom is -0.324 e. The van der Waals surface area contributed by atoms with Crippen LogP contribution in [-0.4, -0.2) is 39.9 Å². The molecule has 0 radical (unpaired) electrons. The summed E-state index contributed by atoms with van der Waals surface area (Å²) in [6.45, 7) is 0. The van der Waals surface area contributed by atoms with Crippen LogP contribution in [0.5, 0.6) is 0 Å². The molecule has 0 aliphatic carbocycles. The maximum Gasteiger partial charge on any atom is 0.200 e. The molecule has 100 heavy (non-hydrogen) atoms. The van der Waals surface area contributed by atoms with E-state index in [-0.39, 0.29) is 43.1 Å². The predicted octanol–water partition coefficient (Wildman–Crippen LogP) is 20.9. The minimum atomic E-state index is -2.60. The molecule has 3 aromatic heterocycles. The van der Waals surface area contributed by atoms with Crippen molar-refractivity contribution in [2.45, 2.75) is 0 Å². The Morgan fingerprint density at radius 3 is 0.710 bits per heavy atom. The summed E-state index contributed by atoms with van der Waals surface area (Å²) in [5.41, 5.74) is -15.0. The Morgan fingerprint density at radius 1 is 0.190 bits per heavy atom. The molecule has 2 N–H and O–H groups in total. The van der Waals surface area contributed by atoms with Crippen molar-refractivity contribution in [1.29, 1.82) is 0 Å². The summed E-state index contributed by atoms with van der Waals surface area (Å²) in [7, 11) is 0. The smallest absolute Gasteiger partial charge is 0.200 e. The first-order valence-corrected chi connectivity index (χ1v) is 29.1. The third-order valence-electron chi connectivity index (χ3n) is 17.7. The first-order chi connectivity index (χ1) is 47.9. The summed E-state index contributed by atoms with van der Waals surface area (Å²) in [6, 6.07) is 25.5. The molecule has 0 saturated heterocycles. The Hall–Kier alpha value is -12.4. The summed E-state index contributed by atoms with van der Waals surface area (Å²) in [5, 5.41) is -3.63. The second-order valence-corrected chi connectivity index (χ2v) is 23.0. The molecule has 2 aliphatic rings. The molecule has 490 valence electrons. The fourth-order valence-electron chi connectivity index (χ4n) is 13.4. The number of H-pyrrole nitrogens is 2. The molecule has 0 spiro atoms. The van der Waals surface area contributed by atoms with Gasteiger partial charge in [0.15, 0.2) is 116 Å². The highest BCUT2D eigenvalue weighted by atomic mass is 19.2. The van der Waals surface area contributed by atoms with Gasteiger partial charge in [-0.1, -0.05) is 97.1 Å². The van der Waals surface area contributed by atoms with Gasteiger partial charge in [0.1, 0.15) is 22.6 Å². The Bertz CT molecular complexity index is 6060. The van der Waals surface area contributed by atoms with Gasteiger partial charge in [0.25, 0.3) is 0 Å². The normalized spacial score (nSPS) is 12.2. The van der Waals surface area contributed by atoms with E-state index in [2.05, 4.69) is 19.9 Å². The number of aromatic amines is 2. The van der Waals surface area contributed by atoms with Crippen LogP contribution in [0.25, 0.3) is 177 Å². The van der Waals surface area contributed by atoms with Gasteiger partial charge in [0.2, 0.25) is 23.3 Å². The van der Waals surface area contributed by atoms with Crippen molar-refractivity contribution in [1.82, 2.24) is 39.9 Å². The molecule has 12 aromatic carbocycles. The summed E-state index contributed by atoms with van der Waals surface area (Å²) in [6.07, 6.45) is 0. The van der Waals surface area contributed by atoms with Gasteiger partial charge in [-0.05, 0) is 67.4 Å². The number of nitrogens with one attached hydrogen (secondary N) is 2. The molecule has 15 aromatic rings. The molecular formula is C72H22F20N8. The average molecular weight is 1380 g/mol. The Morgan fingerprint density at radius 2 is 0.420 bits per heavy atom. The highest BCUT2D eigenvalue weighted by Gasteiger charge is 2.39. The first-order valence-electron chi connectivity index (χ1n) is 29.1. The molecule has 2 aliphatic heterocycles. The molecule has 8 nitrogen and oxygen atoms in total. The summed E-state index contributed by atoms with van der Waals surface area (Å²) < 4.78 is 321. The zero-order valence-electron chi connectivity index (χ0n) is 48.8. The maximum atomic E-state index is 16.8. The highest BCUT2D eigenvalue weighted by Crippen LogP contribution is 2.53. The van der Waals surface area contributed by atoms with E-state index < -0.39 is 251 Å². The fraction of sp³-hybridized carbons (Fsp3) is 0. The molecule has 28 heteroatoms. The van der Waals surface area contributed by atoms with Gasteiger partial charge in [0, 0.05) is 66.1 Å². The Kier molecular flexibility index (Phi) is 13.2.